The zero-order valence-electron chi connectivity index (χ0n) is 11.7. The summed E-state index contributed by atoms with van der Waals surface area (Å²) < 4.78 is 26.6. The SMILES string of the molecule is Cc1ccc(S(=O)(=O)n2cc(B(O)O)c3cnccc32)cc1. The van der Waals surface area contributed by atoms with Crippen LogP contribution in [0.25, 0.3) is 10.9 Å². The number of hydrogen-bond acceptors (Lipinski definition) is 5. The maximum Gasteiger partial charge on any atom is 0.490 e. The molecule has 22 heavy (non-hydrogen) atoms. The summed E-state index contributed by atoms with van der Waals surface area (Å²) >= 11 is 0. The third kappa shape index (κ3) is 2.31. The monoisotopic (exact) mass is 316 g/mol. The van der Waals surface area contributed by atoms with E-state index >= 15 is 0 Å². The summed E-state index contributed by atoms with van der Waals surface area (Å²) in [5.41, 5.74) is 1.39. The van der Waals surface area contributed by atoms with Crippen LogP contribution < -0.4 is 5.46 Å². The first-order valence-electron chi connectivity index (χ1n) is 6.54. The number of benzene rings is 1. The van der Waals surface area contributed by atoms with E-state index in [-0.39, 0.29) is 10.4 Å². The molecular weight excluding hydrogens is 303 g/mol. The molecule has 3 rings (SSSR count). The summed E-state index contributed by atoms with van der Waals surface area (Å²) in [4.78, 5) is 4.04. The Kier molecular flexibility index (Phi) is 3.52. The van der Waals surface area contributed by atoms with Crippen molar-refractivity contribution in [3.63, 3.8) is 0 Å². The molecule has 1 aromatic carbocycles. The average molecular weight is 316 g/mol. The molecule has 0 aliphatic heterocycles. The molecule has 0 bridgehead atoms. The average Bonchev–Trinajstić information content (AvgIpc) is 2.88. The summed E-state index contributed by atoms with van der Waals surface area (Å²) in [6.07, 6.45) is 4.08. The lowest BCUT2D eigenvalue weighted by Crippen LogP contribution is -2.29. The topological polar surface area (TPSA) is 92.4 Å². The lowest BCUT2D eigenvalue weighted by atomic mass is 9.80. The number of hydrogen-bond donors (Lipinski definition) is 2. The molecule has 0 amide bonds. The van der Waals surface area contributed by atoms with E-state index in [1.165, 1.54) is 36.8 Å². The largest absolute Gasteiger partial charge is 0.490 e. The second-order valence-corrected chi connectivity index (χ2v) is 6.78. The van der Waals surface area contributed by atoms with E-state index in [4.69, 9.17) is 0 Å². The number of aromatic nitrogens is 2. The summed E-state index contributed by atoms with van der Waals surface area (Å²) in [6, 6.07) is 7.98. The van der Waals surface area contributed by atoms with Crippen molar-refractivity contribution < 1.29 is 18.5 Å². The highest BCUT2D eigenvalue weighted by molar-refractivity contribution is 7.90. The first-order chi connectivity index (χ1) is 10.4. The van der Waals surface area contributed by atoms with Crippen molar-refractivity contribution >= 4 is 33.5 Å². The van der Waals surface area contributed by atoms with Crippen molar-refractivity contribution in [1.29, 1.82) is 0 Å². The van der Waals surface area contributed by atoms with Gasteiger partial charge in [0.15, 0.2) is 0 Å². The van der Waals surface area contributed by atoms with Crippen molar-refractivity contribution in [2.75, 3.05) is 0 Å². The van der Waals surface area contributed by atoms with Gasteiger partial charge in [0.1, 0.15) is 0 Å². The smallest absolute Gasteiger partial charge is 0.423 e. The van der Waals surface area contributed by atoms with E-state index in [1.807, 2.05) is 6.92 Å². The van der Waals surface area contributed by atoms with Gasteiger partial charge in [-0.2, -0.15) is 0 Å². The van der Waals surface area contributed by atoms with Crippen LogP contribution in [0, 0.1) is 6.92 Å². The van der Waals surface area contributed by atoms with Crippen LogP contribution in [0.15, 0.2) is 53.8 Å². The number of pyridine rings is 1. The fourth-order valence-electron chi connectivity index (χ4n) is 2.30. The van der Waals surface area contributed by atoms with Crippen LogP contribution in [0.1, 0.15) is 5.56 Å². The summed E-state index contributed by atoms with van der Waals surface area (Å²) in [5, 5.41) is 19.2. The van der Waals surface area contributed by atoms with E-state index in [9.17, 15) is 18.5 Å². The van der Waals surface area contributed by atoms with E-state index < -0.39 is 17.1 Å². The number of rotatable bonds is 3. The maximum absolute atomic E-state index is 12.8. The van der Waals surface area contributed by atoms with Gasteiger partial charge in [0, 0.05) is 29.4 Å². The van der Waals surface area contributed by atoms with E-state index in [1.54, 1.807) is 12.1 Å². The number of nitrogens with zero attached hydrogens (tertiary/aromatic N) is 2. The zero-order chi connectivity index (χ0) is 15.9. The third-order valence-corrected chi connectivity index (χ3v) is 5.15. The van der Waals surface area contributed by atoms with Crippen LogP contribution in [0.3, 0.4) is 0 Å². The molecule has 0 aliphatic carbocycles. The van der Waals surface area contributed by atoms with Crippen molar-refractivity contribution in [2.45, 2.75) is 11.8 Å². The summed E-state index contributed by atoms with van der Waals surface area (Å²) in [7, 11) is -5.61. The Morgan fingerprint density at radius 3 is 2.45 bits per heavy atom. The van der Waals surface area contributed by atoms with Crippen LogP contribution in [0.2, 0.25) is 0 Å². The molecule has 0 fully saturated rings. The Labute approximate surface area is 127 Å². The Hall–Kier alpha value is -2.16. The third-order valence-electron chi connectivity index (χ3n) is 3.46. The van der Waals surface area contributed by atoms with Gasteiger partial charge in [0.25, 0.3) is 10.0 Å². The van der Waals surface area contributed by atoms with Gasteiger partial charge in [0.05, 0.1) is 10.4 Å². The summed E-state index contributed by atoms with van der Waals surface area (Å²) in [6.45, 7) is 1.87. The highest BCUT2D eigenvalue weighted by Gasteiger charge is 2.25. The Morgan fingerprint density at radius 1 is 1.14 bits per heavy atom. The van der Waals surface area contributed by atoms with E-state index in [2.05, 4.69) is 4.98 Å². The van der Waals surface area contributed by atoms with Crippen molar-refractivity contribution in [2.24, 2.45) is 0 Å². The lowest BCUT2D eigenvalue weighted by Gasteiger charge is -2.07. The molecule has 0 radical (unpaired) electrons. The van der Waals surface area contributed by atoms with Gasteiger partial charge in [-0.15, -0.1) is 0 Å². The molecule has 0 spiro atoms. The second kappa shape index (κ2) is 5.24. The standard InChI is InChI=1S/C14H13BN2O4S/c1-10-2-4-11(5-3-10)22(20,21)17-9-13(15(18)19)12-8-16-7-6-14(12)17/h2-9,18-19H,1H3. The maximum atomic E-state index is 12.8. The minimum Gasteiger partial charge on any atom is -0.423 e. The van der Waals surface area contributed by atoms with Crippen LogP contribution in [-0.2, 0) is 10.0 Å². The van der Waals surface area contributed by atoms with Gasteiger partial charge in [-0.3, -0.25) is 4.98 Å². The predicted octanol–water partition coefficient (Wildman–Crippen LogP) is 0.262. The van der Waals surface area contributed by atoms with Crippen LogP contribution >= 0.6 is 0 Å². The Bertz CT molecular complexity index is 933. The molecule has 0 unspecified atom stereocenters. The van der Waals surface area contributed by atoms with Gasteiger partial charge in [-0.25, -0.2) is 12.4 Å². The van der Waals surface area contributed by atoms with Crippen molar-refractivity contribution in [3.8, 4) is 0 Å². The second-order valence-electron chi connectivity index (χ2n) is 4.96. The van der Waals surface area contributed by atoms with Crippen LogP contribution in [0.5, 0.6) is 0 Å². The van der Waals surface area contributed by atoms with Gasteiger partial charge < -0.3 is 10.0 Å². The minimum atomic E-state index is -3.83. The quantitative estimate of drug-likeness (QED) is 0.676. The van der Waals surface area contributed by atoms with Gasteiger partial charge in [0.2, 0.25) is 0 Å². The highest BCUT2D eigenvalue weighted by Crippen LogP contribution is 2.20. The lowest BCUT2D eigenvalue weighted by molar-refractivity contribution is 0.426. The molecule has 2 N–H and O–H groups in total. The molecule has 0 atom stereocenters. The minimum absolute atomic E-state index is 0.0961. The highest BCUT2D eigenvalue weighted by atomic mass is 32.2. The normalized spacial score (nSPS) is 11.8. The molecular formula is C14H13BN2O4S. The van der Waals surface area contributed by atoms with Gasteiger partial charge >= 0.3 is 7.12 Å². The first kappa shape index (κ1) is 14.8. The molecule has 2 aromatic heterocycles. The molecule has 8 heteroatoms. The van der Waals surface area contributed by atoms with E-state index in [0.29, 0.717) is 10.9 Å². The molecule has 2 heterocycles. The van der Waals surface area contributed by atoms with Crippen molar-refractivity contribution in [3.05, 3.63) is 54.5 Å². The van der Waals surface area contributed by atoms with Gasteiger partial charge in [-0.1, -0.05) is 17.7 Å². The molecule has 112 valence electrons. The molecule has 0 saturated carbocycles. The van der Waals surface area contributed by atoms with Crippen molar-refractivity contribution in [1.82, 2.24) is 8.96 Å². The molecule has 0 aliphatic rings. The summed E-state index contributed by atoms with van der Waals surface area (Å²) in [5.74, 6) is 0. The number of fused-ring (bicyclic) bond motifs is 1. The Morgan fingerprint density at radius 2 is 1.82 bits per heavy atom. The molecule has 0 saturated heterocycles. The van der Waals surface area contributed by atoms with Gasteiger partial charge in [-0.05, 0) is 25.1 Å². The fraction of sp³-hybridized carbons (Fsp3) is 0.0714. The predicted molar refractivity (Wildman–Crippen MR) is 83.3 cm³/mol. The van der Waals surface area contributed by atoms with Crippen LogP contribution in [0.4, 0.5) is 0 Å². The van der Waals surface area contributed by atoms with E-state index in [0.717, 1.165) is 9.54 Å². The van der Waals surface area contributed by atoms with Crippen LogP contribution in [-0.4, -0.2) is 34.5 Å². The number of aryl methyl sites for hydroxylation is 1. The molecule has 3 aromatic rings. The molecule has 6 nitrogen and oxygen atoms in total. The Balaban J connectivity index is 2.27. The fourth-order valence-corrected chi connectivity index (χ4v) is 3.67. The zero-order valence-corrected chi connectivity index (χ0v) is 12.5. The first-order valence-corrected chi connectivity index (χ1v) is 7.98.